The normalized spacial score (nSPS) is 16.6. The van der Waals surface area contributed by atoms with Gasteiger partial charge in [0.05, 0.1) is 6.42 Å². The van der Waals surface area contributed by atoms with E-state index < -0.39 is 5.97 Å². The second-order valence-corrected chi connectivity index (χ2v) is 4.55. The van der Waals surface area contributed by atoms with E-state index in [9.17, 15) is 4.79 Å². The second-order valence-electron chi connectivity index (χ2n) is 4.55. The van der Waals surface area contributed by atoms with Crippen molar-refractivity contribution in [2.75, 3.05) is 0 Å². The van der Waals surface area contributed by atoms with Gasteiger partial charge in [-0.25, -0.2) is 0 Å². The molecule has 90 valence electrons. The Morgan fingerprint density at radius 2 is 2.12 bits per heavy atom. The molecule has 0 aliphatic heterocycles. The predicted molar refractivity (Wildman–Crippen MR) is 62.6 cm³/mol. The van der Waals surface area contributed by atoms with Crippen LogP contribution in [0, 0.1) is 11.3 Å². The molecule has 0 amide bonds. The van der Waals surface area contributed by atoms with Crippen molar-refractivity contribution < 1.29 is 9.90 Å². The van der Waals surface area contributed by atoms with Gasteiger partial charge in [0, 0.05) is 11.7 Å². The zero-order chi connectivity index (χ0) is 12.3. The maximum atomic E-state index is 10.8. The van der Waals surface area contributed by atoms with Crippen molar-refractivity contribution in [3.8, 4) is 6.07 Å². The molecule has 17 heavy (non-hydrogen) atoms. The summed E-state index contributed by atoms with van der Waals surface area (Å²) in [7, 11) is 0. The van der Waals surface area contributed by atoms with Crippen molar-refractivity contribution in [1.82, 2.24) is 4.57 Å². The molecule has 1 heterocycles. The summed E-state index contributed by atoms with van der Waals surface area (Å²) in [5.74, 6) is -0.843. The van der Waals surface area contributed by atoms with E-state index in [0.717, 1.165) is 18.5 Å². The molecule has 2 rings (SSSR count). The Morgan fingerprint density at radius 1 is 1.41 bits per heavy atom. The number of rotatable bonds is 3. The topological polar surface area (TPSA) is 66.0 Å². The number of aromatic nitrogens is 1. The van der Waals surface area contributed by atoms with Crippen LogP contribution in [-0.4, -0.2) is 15.6 Å². The molecule has 4 heteroatoms. The molecular formula is C13H16N2O2. The van der Waals surface area contributed by atoms with Crippen molar-refractivity contribution in [2.24, 2.45) is 0 Å². The number of hydrogen-bond donors (Lipinski definition) is 1. The van der Waals surface area contributed by atoms with Crippen molar-refractivity contribution >= 4 is 5.97 Å². The van der Waals surface area contributed by atoms with E-state index in [4.69, 9.17) is 10.4 Å². The van der Waals surface area contributed by atoms with E-state index in [-0.39, 0.29) is 6.42 Å². The Balaban J connectivity index is 2.31. The standard InChI is InChI=1S/C13H16N2O2/c14-9-12-7-6-11(8-13(16)17)15(12)10-4-2-1-3-5-10/h6-7,10H,1-5,8H2,(H,16,17). The molecule has 0 unspecified atom stereocenters. The van der Waals surface area contributed by atoms with E-state index in [0.29, 0.717) is 11.7 Å². The molecule has 4 nitrogen and oxygen atoms in total. The zero-order valence-corrected chi connectivity index (χ0v) is 9.72. The number of hydrogen-bond acceptors (Lipinski definition) is 2. The number of carbonyl (C=O) groups is 1. The van der Waals surface area contributed by atoms with Crippen LogP contribution in [0.3, 0.4) is 0 Å². The Kier molecular flexibility index (Phi) is 3.48. The summed E-state index contributed by atoms with van der Waals surface area (Å²) in [4.78, 5) is 10.8. The molecular weight excluding hydrogens is 216 g/mol. The van der Waals surface area contributed by atoms with E-state index in [1.54, 1.807) is 12.1 Å². The van der Waals surface area contributed by atoms with Crippen LogP contribution in [0.5, 0.6) is 0 Å². The minimum absolute atomic E-state index is 0.00181. The van der Waals surface area contributed by atoms with Crippen LogP contribution in [0.1, 0.15) is 49.5 Å². The number of aliphatic carboxylic acids is 1. The highest BCUT2D eigenvalue weighted by Gasteiger charge is 2.21. The average molecular weight is 232 g/mol. The van der Waals surface area contributed by atoms with Crippen molar-refractivity contribution in [1.29, 1.82) is 5.26 Å². The third kappa shape index (κ3) is 2.50. The number of nitriles is 1. The molecule has 1 saturated carbocycles. The Morgan fingerprint density at radius 3 is 2.71 bits per heavy atom. The van der Waals surface area contributed by atoms with Gasteiger partial charge in [-0.2, -0.15) is 5.26 Å². The van der Waals surface area contributed by atoms with E-state index >= 15 is 0 Å². The van der Waals surface area contributed by atoms with Crippen LogP contribution in [0.2, 0.25) is 0 Å². The molecule has 0 bridgehead atoms. The number of nitrogens with zero attached hydrogens (tertiary/aromatic N) is 2. The summed E-state index contributed by atoms with van der Waals surface area (Å²) < 4.78 is 1.94. The Bertz CT molecular complexity index is 450. The van der Waals surface area contributed by atoms with Crippen molar-refractivity contribution in [3.05, 3.63) is 23.5 Å². The minimum atomic E-state index is -0.843. The summed E-state index contributed by atoms with van der Waals surface area (Å²) in [6.07, 6.45) is 5.68. The lowest BCUT2D eigenvalue weighted by atomic mass is 9.95. The first-order chi connectivity index (χ1) is 8.22. The van der Waals surface area contributed by atoms with Gasteiger partial charge in [-0.15, -0.1) is 0 Å². The van der Waals surface area contributed by atoms with Crippen LogP contribution < -0.4 is 0 Å². The van der Waals surface area contributed by atoms with Crippen molar-refractivity contribution in [3.63, 3.8) is 0 Å². The Hall–Kier alpha value is -1.76. The molecule has 1 fully saturated rings. The third-order valence-electron chi connectivity index (χ3n) is 3.39. The molecule has 1 aliphatic rings. The van der Waals surface area contributed by atoms with Gasteiger partial charge in [0.1, 0.15) is 11.8 Å². The van der Waals surface area contributed by atoms with E-state index in [2.05, 4.69) is 6.07 Å². The monoisotopic (exact) mass is 232 g/mol. The molecule has 0 saturated heterocycles. The molecule has 0 atom stereocenters. The maximum Gasteiger partial charge on any atom is 0.309 e. The van der Waals surface area contributed by atoms with Gasteiger partial charge in [0.15, 0.2) is 0 Å². The SMILES string of the molecule is N#Cc1ccc(CC(=O)O)n1C1CCCCC1. The van der Waals surface area contributed by atoms with E-state index in [1.807, 2.05) is 4.57 Å². The van der Waals surface area contributed by atoms with Gasteiger partial charge in [-0.3, -0.25) is 4.79 Å². The summed E-state index contributed by atoms with van der Waals surface area (Å²) in [6.45, 7) is 0. The molecule has 1 N–H and O–H groups in total. The van der Waals surface area contributed by atoms with Gasteiger partial charge in [0.2, 0.25) is 0 Å². The van der Waals surface area contributed by atoms with Gasteiger partial charge in [0.25, 0.3) is 0 Å². The number of carboxylic acids is 1. The third-order valence-corrected chi connectivity index (χ3v) is 3.39. The smallest absolute Gasteiger partial charge is 0.309 e. The largest absolute Gasteiger partial charge is 0.481 e. The highest BCUT2D eigenvalue weighted by atomic mass is 16.4. The highest BCUT2D eigenvalue weighted by molar-refractivity contribution is 5.69. The molecule has 0 spiro atoms. The quantitative estimate of drug-likeness (QED) is 0.870. The summed E-state index contributed by atoms with van der Waals surface area (Å²) >= 11 is 0. The predicted octanol–water partition coefficient (Wildman–Crippen LogP) is 2.49. The molecule has 0 aromatic carbocycles. The first-order valence-corrected chi connectivity index (χ1v) is 6.04. The van der Waals surface area contributed by atoms with Gasteiger partial charge in [-0.1, -0.05) is 19.3 Å². The van der Waals surface area contributed by atoms with Gasteiger partial charge in [-0.05, 0) is 25.0 Å². The fraction of sp³-hybridized carbons (Fsp3) is 0.538. The molecule has 1 aromatic rings. The fourth-order valence-electron chi connectivity index (χ4n) is 2.65. The van der Waals surface area contributed by atoms with Crippen LogP contribution in [0.25, 0.3) is 0 Å². The zero-order valence-electron chi connectivity index (χ0n) is 9.72. The lowest BCUT2D eigenvalue weighted by Gasteiger charge is -2.26. The second kappa shape index (κ2) is 5.05. The van der Waals surface area contributed by atoms with Crippen LogP contribution in [0.4, 0.5) is 0 Å². The summed E-state index contributed by atoms with van der Waals surface area (Å²) in [6, 6.07) is 5.96. The van der Waals surface area contributed by atoms with Gasteiger partial charge < -0.3 is 9.67 Å². The Labute approximate surface area is 100 Å². The van der Waals surface area contributed by atoms with Crippen LogP contribution in [-0.2, 0) is 11.2 Å². The minimum Gasteiger partial charge on any atom is -0.481 e. The maximum absolute atomic E-state index is 10.8. The molecule has 0 radical (unpaired) electrons. The lowest BCUT2D eigenvalue weighted by Crippen LogP contribution is -2.18. The van der Waals surface area contributed by atoms with Crippen molar-refractivity contribution in [2.45, 2.75) is 44.6 Å². The fourth-order valence-corrected chi connectivity index (χ4v) is 2.65. The summed E-state index contributed by atoms with van der Waals surface area (Å²) in [5.41, 5.74) is 1.34. The number of carboxylic acid groups (broad SMARTS) is 1. The average Bonchev–Trinajstić information content (AvgIpc) is 2.72. The first-order valence-electron chi connectivity index (χ1n) is 6.04. The summed E-state index contributed by atoms with van der Waals surface area (Å²) in [5, 5.41) is 18.0. The van der Waals surface area contributed by atoms with Crippen LogP contribution >= 0.6 is 0 Å². The first kappa shape index (κ1) is 11.7. The van der Waals surface area contributed by atoms with Gasteiger partial charge >= 0.3 is 5.97 Å². The molecule has 1 aliphatic carbocycles. The van der Waals surface area contributed by atoms with Crippen LogP contribution in [0.15, 0.2) is 12.1 Å². The lowest BCUT2D eigenvalue weighted by molar-refractivity contribution is -0.136. The highest BCUT2D eigenvalue weighted by Crippen LogP contribution is 2.31. The van der Waals surface area contributed by atoms with E-state index in [1.165, 1.54) is 19.3 Å². The molecule has 1 aromatic heterocycles.